The van der Waals surface area contributed by atoms with E-state index in [2.05, 4.69) is 0 Å². The first-order chi connectivity index (χ1) is 8.76. The summed E-state index contributed by atoms with van der Waals surface area (Å²) in [5.41, 5.74) is 1.23. The van der Waals surface area contributed by atoms with Gasteiger partial charge in [0.1, 0.15) is 16.9 Å². The summed E-state index contributed by atoms with van der Waals surface area (Å²) in [5.74, 6) is 0.809. The molecule has 92 valence electrons. The van der Waals surface area contributed by atoms with Crippen LogP contribution < -0.4 is 10.4 Å². The lowest BCUT2D eigenvalue weighted by Gasteiger charge is -2.09. The van der Waals surface area contributed by atoms with Gasteiger partial charge in [0.05, 0.1) is 35.6 Å². The van der Waals surface area contributed by atoms with E-state index in [0.29, 0.717) is 27.9 Å². The number of rotatable bonds is 2. The van der Waals surface area contributed by atoms with Crippen LogP contribution in [0.25, 0.3) is 21.9 Å². The first kappa shape index (κ1) is 11.2. The highest BCUT2D eigenvalue weighted by atomic mass is 35.5. The summed E-state index contributed by atoms with van der Waals surface area (Å²) >= 11 is 5.93. The normalized spacial score (nSPS) is 11.2. The van der Waals surface area contributed by atoms with Crippen LogP contribution in [-0.2, 0) is 5.88 Å². The van der Waals surface area contributed by atoms with Gasteiger partial charge >= 0.3 is 5.63 Å². The molecule has 2 aromatic heterocycles. The van der Waals surface area contributed by atoms with Crippen LogP contribution in [0.2, 0.25) is 0 Å². The lowest BCUT2D eigenvalue weighted by molar-refractivity contribution is 0.423. The lowest BCUT2D eigenvalue weighted by Crippen LogP contribution is -1.98. The molecule has 18 heavy (non-hydrogen) atoms. The summed E-state index contributed by atoms with van der Waals surface area (Å²) in [4.78, 5) is 11.3. The van der Waals surface area contributed by atoms with Gasteiger partial charge in [0, 0.05) is 6.07 Å². The van der Waals surface area contributed by atoms with Crippen molar-refractivity contribution in [3.8, 4) is 5.75 Å². The fourth-order valence-corrected chi connectivity index (χ4v) is 2.37. The van der Waals surface area contributed by atoms with Crippen molar-refractivity contribution in [2.45, 2.75) is 5.88 Å². The second kappa shape index (κ2) is 4.07. The van der Waals surface area contributed by atoms with E-state index < -0.39 is 5.63 Å². The summed E-state index contributed by atoms with van der Waals surface area (Å²) in [6, 6.07) is 4.83. The Morgan fingerprint density at radius 3 is 2.72 bits per heavy atom. The summed E-state index contributed by atoms with van der Waals surface area (Å²) < 4.78 is 16.0. The topological polar surface area (TPSA) is 52.6 Å². The number of methoxy groups -OCH3 is 1. The van der Waals surface area contributed by atoms with Gasteiger partial charge in [0.25, 0.3) is 0 Å². The van der Waals surface area contributed by atoms with Crippen LogP contribution in [0.15, 0.2) is 38.1 Å². The number of fused-ring (bicyclic) bond motifs is 2. The van der Waals surface area contributed by atoms with E-state index in [1.165, 1.54) is 6.07 Å². The molecule has 0 saturated heterocycles. The molecular weight excluding hydrogens is 256 g/mol. The molecule has 0 spiro atoms. The van der Waals surface area contributed by atoms with E-state index in [1.807, 2.05) is 0 Å². The van der Waals surface area contributed by atoms with E-state index in [0.717, 1.165) is 5.39 Å². The highest BCUT2D eigenvalue weighted by molar-refractivity contribution is 6.19. The molecule has 0 N–H and O–H groups in total. The van der Waals surface area contributed by atoms with Crippen LogP contribution in [-0.4, -0.2) is 7.11 Å². The SMILES string of the molecule is COc1c2ccoc2c(CCl)c2oc(=O)ccc12. The standard InChI is InChI=1S/C13H9ClO4/c1-16-11-7-2-3-10(15)18-13(7)9(6-14)12-8(11)4-5-17-12/h2-5H,6H2,1H3. The number of ether oxygens (including phenoxy) is 1. The molecule has 5 heteroatoms. The second-order valence-corrected chi connectivity index (χ2v) is 4.07. The van der Waals surface area contributed by atoms with Crippen molar-refractivity contribution < 1.29 is 13.6 Å². The Bertz CT molecular complexity index is 785. The van der Waals surface area contributed by atoms with Crippen molar-refractivity contribution in [3.63, 3.8) is 0 Å². The number of hydrogen-bond acceptors (Lipinski definition) is 4. The van der Waals surface area contributed by atoms with E-state index in [1.54, 1.807) is 25.5 Å². The average molecular weight is 265 g/mol. The second-order valence-electron chi connectivity index (χ2n) is 3.81. The monoisotopic (exact) mass is 264 g/mol. The molecule has 0 atom stereocenters. The van der Waals surface area contributed by atoms with Crippen molar-refractivity contribution in [2.24, 2.45) is 0 Å². The molecule has 0 unspecified atom stereocenters. The number of halogens is 1. The third kappa shape index (κ3) is 1.42. The fraction of sp³-hybridized carbons (Fsp3) is 0.154. The van der Waals surface area contributed by atoms with Crippen molar-refractivity contribution in [2.75, 3.05) is 7.11 Å². The largest absolute Gasteiger partial charge is 0.495 e. The van der Waals surface area contributed by atoms with E-state index in [4.69, 9.17) is 25.2 Å². The molecule has 1 aromatic carbocycles. The molecular formula is C13H9ClO4. The first-order valence-corrected chi connectivity index (χ1v) is 5.85. The number of benzene rings is 1. The Morgan fingerprint density at radius 2 is 2.00 bits per heavy atom. The quantitative estimate of drug-likeness (QED) is 0.526. The smallest absolute Gasteiger partial charge is 0.336 e. The van der Waals surface area contributed by atoms with Crippen LogP contribution >= 0.6 is 11.6 Å². The molecule has 4 nitrogen and oxygen atoms in total. The molecule has 3 rings (SSSR count). The van der Waals surface area contributed by atoms with Gasteiger partial charge in [0.2, 0.25) is 0 Å². The minimum absolute atomic E-state index is 0.192. The summed E-state index contributed by atoms with van der Waals surface area (Å²) in [7, 11) is 1.56. The fourth-order valence-electron chi connectivity index (χ4n) is 2.13. The third-order valence-corrected chi connectivity index (χ3v) is 3.14. The van der Waals surface area contributed by atoms with Crippen LogP contribution in [0.3, 0.4) is 0 Å². The maximum atomic E-state index is 11.3. The molecule has 0 aliphatic carbocycles. The molecule has 0 aliphatic rings. The maximum Gasteiger partial charge on any atom is 0.336 e. The predicted octanol–water partition coefficient (Wildman–Crippen LogP) is 3.29. The van der Waals surface area contributed by atoms with Gasteiger partial charge in [-0.05, 0) is 12.1 Å². The van der Waals surface area contributed by atoms with E-state index in [9.17, 15) is 4.79 Å². The maximum absolute atomic E-state index is 11.3. The van der Waals surface area contributed by atoms with E-state index in [-0.39, 0.29) is 5.88 Å². The highest BCUT2D eigenvalue weighted by Gasteiger charge is 2.18. The van der Waals surface area contributed by atoms with Gasteiger partial charge in [-0.2, -0.15) is 0 Å². The Labute approximate surface area is 107 Å². The molecule has 0 aliphatic heterocycles. The Balaban J connectivity index is 2.63. The van der Waals surface area contributed by atoms with Gasteiger partial charge < -0.3 is 13.6 Å². The summed E-state index contributed by atoms with van der Waals surface area (Å²) in [6.07, 6.45) is 1.56. The molecule has 0 saturated carbocycles. The number of alkyl halides is 1. The van der Waals surface area contributed by atoms with Gasteiger partial charge in [-0.15, -0.1) is 11.6 Å². The van der Waals surface area contributed by atoms with E-state index >= 15 is 0 Å². The summed E-state index contributed by atoms with van der Waals surface area (Å²) in [5, 5.41) is 1.52. The minimum Gasteiger partial charge on any atom is -0.495 e. The van der Waals surface area contributed by atoms with Crippen molar-refractivity contribution in [1.29, 1.82) is 0 Å². The molecule has 3 aromatic rings. The van der Waals surface area contributed by atoms with Crippen LogP contribution in [0.4, 0.5) is 0 Å². The van der Waals surface area contributed by atoms with Gasteiger partial charge in [0.15, 0.2) is 0 Å². The summed E-state index contributed by atoms with van der Waals surface area (Å²) in [6.45, 7) is 0. The van der Waals surface area contributed by atoms with Gasteiger partial charge in [-0.25, -0.2) is 4.79 Å². The zero-order valence-corrected chi connectivity index (χ0v) is 10.3. The Morgan fingerprint density at radius 1 is 1.22 bits per heavy atom. The Hall–Kier alpha value is -1.94. The Kier molecular flexibility index (Phi) is 2.52. The number of furan rings is 1. The molecule has 2 heterocycles. The lowest BCUT2D eigenvalue weighted by atomic mass is 10.1. The van der Waals surface area contributed by atoms with Crippen LogP contribution in [0.1, 0.15) is 5.56 Å². The van der Waals surface area contributed by atoms with Crippen molar-refractivity contribution >= 4 is 33.5 Å². The molecule has 0 amide bonds. The van der Waals surface area contributed by atoms with Crippen molar-refractivity contribution in [1.82, 2.24) is 0 Å². The average Bonchev–Trinajstić information content (AvgIpc) is 2.84. The minimum atomic E-state index is -0.429. The predicted molar refractivity (Wildman–Crippen MR) is 68.4 cm³/mol. The molecule has 0 bridgehead atoms. The molecule has 0 radical (unpaired) electrons. The first-order valence-electron chi connectivity index (χ1n) is 5.32. The van der Waals surface area contributed by atoms with Gasteiger partial charge in [-0.3, -0.25) is 0 Å². The highest BCUT2D eigenvalue weighted by Crippen LogP contribution is 2.38. The molecule has 0 fully saturated rings. The zero-order chi connectivity index (χ0) is 12.7. The van der Waals surface area contributed by atoms with Crippen molar-refractivity contribution in [3.05, 3.63) is 40.4 Å². The number of hydrogen-bond donors (Lipinski definition) is 0. The third-order valence-electron chi connectivity index (χ3n) is 2.87. The van der Waals surface area contributed by atoms with Crippen LogP contribution in [0, 0.1) is 0 Å². The van der Waals surface area contributed by atoms with Gasteiger partial charge in [-0.1, -0.05) is 0 Å². The van der Waals surface area contributed by atoms with Crippen LogP contribution in [0.5, 0.6) is 5.75 Å². The zero-order valence-electron chi connectivity index (χ0n) is 9.53.